The van der Waals surface area contributed by atoms with Crippen LogP contribution in [0, 0.1) is 5.92 Å². The molecular weight excluding hydrogens is 324 g/mol. The molecule has 5 heteroatoms. The number of aryl methyl sites for hydroxylation is 1. The lowest BCUT2D eigenvalue weighted by atomic mass is 10.1. The number of nitrogens with zero attached hydrogens (tertiary/aromatic N) is 2. The van der Waals surface area contributed by atoms with Crippen LogP contribution in [0.15, 0.2) is 36.7 Å². The first-order valence-electron chi connectivity index (χ1n) is 8.28. The molecule has 24 heavy (non-hydrogen) atoms. The van der Waals surface area contributed by atoms with Gasteiger partial charge in [0.05, 0.1) is 0 Å². The molecule has 2 rings (SSSR count). The fraction of sp³-hybridized carbons (Fsp3) is 0.421. The Labute approximate surface area is 148 Å². The predicted molar refractivity (Wildman–Crippen MR) is 96.2 cm³/mol. The highest BCUT2D eigenvalue weighted by Gasteiger charge is 2.21. The topological polar surface area (TPSA) is 52.1 Å². The second-order valence-electron chi connectivity index (χ2n) is 6.11. The Morgan fingerprint density at radius 3 is 2.33 bits per heavy atom. The maximum absolute atomic E-state index is 11.9. The summed E-state index contributed by atoms with van der Waals surface area (Å²) in [5.74, 6) is 0.717. The van der Waals surface area contributed by atoms with E-state index in [0.717, 1.165) is 30.4 Å². The van der Waals surface area contributed by atoms with Crippen LogP contribution in [0.2, 0.25) is 0 Å². The van der Waals surface area contributed by atoms with Crippen molar-refractivity contribution in [2.45, 2.75) is 45.4 Å². The van der Waals surface area contributed by atoms with Crippen molar-refractivity contribution in [2.75, 3.05) is 0 Å². The summed E-state index contributed by atoms with van der Waals surface area (Å²) in [7, 11) is 0. The van der Waals surface area contributed by atoms with Gasteiger partial charge in [0.2, 0.25) is 0 Å². The van der Waals surface area contributed by atoms with Crippen LogP contribution in [-0.4, -0.2) is 21.3 Å². The van der Waals surface area contributed by atoms with Crippen molar-refractivity contribution in [2.24, 2.45) is 5.92 Å². The van der Waals surface area contributed by atoms with Crippen molar-refractivity contribution in [3.05, 3.63) is 42.2 Å². The number of rotatable bonds is 7. The molecule has 1 aromatic heterocycles. The van der Waals surface area contributed by atoms with Gasteiger partial charge in [-0.25, -0.2) is 9.97 Å². The number of unbranched alkanes of at least 4 members (excludes halogenated alkanes) is 1. The SMILES string of the molecule is CCCCc1cnc(-c2ccc(OC(=O)C(Cl)C(C)C)cc2)nc1. The standard InChI is InChI=1S/C19H23ClN2O2/c1-4-5-6-14-11-21-18(22-12-14)15-7-9-16(10-8-15)24-19(23)17(20)13(2)3/h7-13,17H,4-6H2,1-3H3. The van der Waals surface area contributed by atoms with Crippen LogP contribution in [0.4, 0.5) is 0 Å². The fourth-order valence-corrected chi connectivity index (χ4v) is 2.18. The third kappa shape index (κ3) is 5.03. The lowest BCUT2D eigenvalue weighted by molar-refractivity contribution is -0.134. The summed E-state index contributed by atoms with van der Waals surface area (Å²) in [6.07, 6.45) is 7.03. The number of halogens is 1. The van der Waals surface area contributed by atoms with Gasteiger partial charge in [-0.2, -0.15) is 0 Å². The molecule has 1 unspecified atom stereocenters. The monoisotopic (exact) mass is 346 g/mol. The molecule has 0 amide bonds. The van der Waals surface area contributed by atoms with Crippen LogP contribution in [0.5, 0.6) is 5.75 Å². The quantitative estimate of drug-likeness (QED) is 0.416. The lowest BCUT2D eigenvalue weighted by Gasteiger charge is -2.12. The van der Waals surface area contributed by atoms with Gasteiger partial charge in [-0.15, -0.1) is 11.6 Å². The Kier molecular flexibility index (Phi) is 6.73. The molecule has 0 N–H and O–H groups in total. The minimum Gasteiger partial charge on any atom is -0.425 e. The van der Waals surface area contributed by atoms with E-state index in [4.69, 9.17) is 16.3 Å². The van der Waals surface area contributed by atoms with Crippen LogP contribution >= 0.6 is 11.6 Å². The van der Waals surface area contributed by atoms with Crippen LogP contribution in [0.3, 0.4) is 0 Å². The minimum atomic E-state index is -0.649. The Balaban J connectivity index is 2.02. The summed E-state index contributed by atoms with van der Waals surface area (Å²) in [4.78, 5) is 20.7. The number of carbonyl (C=O) groups excluding carboxylic acids is 1. The molecule has 0 bridgehead atoms. The van der Waals surface area contributed by atoms with Crippen LogP contribution < -0.4 is 4.74 Å². The van der Waals surface area contributed by atoms with E-state index in [0.29, 0.717) is 11.6 Å². The average molecular weight is 347 g/mol. The summed E-state index contributed by atoms with van der Waals surface area (Å²) < 4.78 is 5.28. The van der Waals surface area contributed by atoms with Gasteiger partial charge < -0.3 is 4.74 Å². The van der Waals surface area contributed by atoms with Crippen molar-refractivity contribution >= 4 is 17.6 Å². The Morgan fingerprint density at radius 2 is 1.79 bits per heavy atom. The van der Waals surface area contributed by atoms with E-state index in [1.165, 1.54) is 0 Å². The summed E-state index contributed by atoms with van der Waals surface area (Å²) in [6, 6.07) is 7.13. The normalized spacial score (nSPS) is 12.2. The lowest BCUT2D eigenvalue weighted by Crippen LogP contribution is -2.25. The second-order valence-corrected chi connectivity index (χ2v) is 6.58. The first kappa shape index (κ1) is 18.4. The largest absolute Gasteiger partial charge is 0.425 e. The molecule has 1 atom stereocenters. The van der Waals surface area contributed by atoms with Crippen molar-refractivity contribution in [1.82, 2.24) is 9.97 Å². The molecule has 0 saturated carbocycles. The predicted octanol–water partition coefficient (Wildman–Crippen LogP) is 4.66. The number of benzene rings is 1. The molecule has 0 fully saturated rings. The van der Waals surface area contributed by atoms with E-state index in [1.54, 1.807) is 12.1 Å². The molecule has 0 aliphatic carbocycles. The Morgan fingerprint density at radius 1 is 1.17 bits per heavy atom. The van der Waals surface area contributed by atoms with Crippen molar-refractivity contribution in [3.8, 4) is 17.1 Å². The Hall–Kier alpha value is -1.94. The second kappa shape index (κ2) is 8.78. The Bertz CT molecular complexity index is 654. The molecular formula is C19H23ClN2O2. The van der Waals surface area contributed by atoms with Crippen LogP contribution in [0.1, 0.15) is 39.2 Å². The van der Waals surface area contributed by atoms with Crippen molar-refractivity contribution in [3.63, 3.8) is 0 Å². The van der Waals surface area contributed by atoms with E-state index in [9.17, 15) is 4.79 Å². The van der Waals surface area contributed by atoms with Crippen LogP contribution in [-0.2, 0) is 11.2 Å². The summed E-state index contributed by atoms with van der Waals surface area (Å²) in [5, 5.41) is -0.649. The summed E-state index contributed by atoms with van der Waals surface area (Å²) in [6.45, 7) is 5.92. The average Bonchev–Trinajstić information content (AvgIpc) is 2.60. The number of alkyl halides is 1. The summed E-state index contributed by atoms with van der Waals surface area (Å²) >= 11 is 6.00. The van der Waals surface area contributed by atoms with Gasteiger partial charge in [0.15, 0.2) is 5.82 Å². The highest BCUT2D eigenvalue weighted by molar-refractivity contribution is 6.30. The summed E-state index contributed by atoms with van der Waals surface area (Å²) in [5.41, 5.74) is 2.02. The van der Waals surface area contributed by atoms with Gasteiger partial charge in [-0.3, -0.25) is 4.79 Å². The third-order valence-electron chi connectivity index (χ3n) is 3.67. The molecule has 0 aliphatic heterocycles. The fourth-order valence-electron chi connectivity index (χ4n) is 2.13. The van der Waals surface area contributed by atoms with Gasteiger partial charge in [0, 0.05) is 18.0 Å². The first-order valence-corrected chi connectivity index (χ1v) is 8.72. The van der Waals surface area contributed by atoms with E-state index < -0.39 is 11.3 Å². The van der Waals surface area contributed by atoms with Crippen LogP contribution in [0.25, 0.3) is 11.4 Å². The number of aromatic nitrogens is 2. The minimum absolute atomic E-state index is 0.0260. The van der Waals surface area contributed by atoms with Gasteiger partial charge in [-0.05, 0) is 48.6 Å². The smallest absolute Gasteiger partial charge is 0.329 e. The number of hydrogen-bond acceptors (Lipinski definition) is 4. The highest BCUT2D eigenvalue weighted by Crippen LogP contribution is 2.21. The highest BCUT2D eigenvalue weighted by atomic mass is 35.5. The molecule has 1 heterocycles. The molecule has 0 spiro atoms. The van der Waals surface area contributed by atoms with E-state index in [-0.39, 0.29) is 5.92 Å². The molecule has 128 valence electrons. The van der Waals surface area contributed by atoms with E-state index >= 15 is 0 Å². The number of carbonyl (C=O) groups is 1. The molecule has 2 aromatic rings. The van der Waals surface area contributed by atoms with Gasteiger partial charge in [0.25, 0.3) is 0 Å². The zero-order chi connectivity index (χ0) is 17.5. The van der Waals surface area contributed by atoms with E-state index in [1.807, 2.05) is 38.4 Å². The number of hydrogen-bond donors (Lipinski definition) is 0. The molecule has 0 saturated heterocycles. The van der Waals surface area contributed by atoms with E-state index in [2.05, 4.69) is 16.9 Å². The number of ether oxygens (including phenoxy) is 1. The van der Waals surface area contributed by atoms with Gasteiger partial charge >= 0.3 is 5.97 Å². The van der Waals surface area contributed by atoms with Crippen molar-refractivity contribution < 1.29 is 9.53 Å². The number of esters is 1. The van der Waals surface area contributed by atoms with Gasteiger partial charge in [0.1, 0.15) is 11.1 Å². The molecule has 1 aromatic carbocycles. The van der Waals surface area contributed by atoms with Crippen molar-refractivity contribution in [1.29, 1.82) is 0 Å². The zero-order valence-electron chi connectivity index (χ0n) is 14.3. The molecule has 0 radical (unpaired) electrons. The maximum atomic E-state index is 11.9. The third-order valence-corrected chi connectivity index (χ3v) is 4.35. The molecule has 4 nitrogen and oxygen atoms in total. The van der Waals surface area contributed by atoms with Gasteiger partial charge in [-0.1, -0.05) is 27.2 Å². The maximum Gasteiger partial charge on any atom is 0.329 e. The first-order chi connectivity index (χ1) is 11.5. The zero-order valence-corrected chi connectivity index (χ0v) is 15.1. The molecule has 0 aliphatic rings.